The van der Waals surface area contributed by atoms with Gasteiger partial charge in [-0.2, -0.15) is 5.10 Å². The highest BCUT2D eigenvalue weighted by atomic mass is 16.5. The fraction of sp³-hybridized carbons (Fsp3) is 0.750. The molecule has 0 unspecified atom stereocenters. The zero-order valence-corrected chi connectivity index (χ0v) is 8.04. The van der Waals surface area contributed by atoms with Crippen LogP contribution >= 0.6 is 0 Å². The summed E-state index contributed by atoms with van der Waals surface area (Å²) in [7, 11) is 3.18. The standard InChI is InChI=1S/C8H15N3O2/c1-9-10-7-3-5-11(6-4-7)8(12)13-2/h9H,3-6H2,1-2H3. The molecule has 0 aromatic rings. The van der Waals surface area contributed by atoms with Gasteiger partial charge in [-0.05, 0) is 0 Å². The first-order valence-electron chi connectivity index (χ1n) is 4.33. The number of nitrogens with zero attached hydrogens (tertiary/aromatic N) is 2. The fourth-order valence-corrected chi connectivity index (χ4v) is 1.35. The van der Waals surface area contributed by atoms with Crippen LogP contribution in [0.2, 0.25) is 0 Å². The van der Waals surface area contributed by atoms with Crippen LogP contribution in [0.5, 0.6) is 0 Å². The molecule has 0 radical (unpaired) electrons. The van der Waals surface area contributed by atoms with Crippen LogP contribution in [-0.4, -0.2) is 44.0 Å². The van der Waals surface area contributed by atoms with E-state index in [9.17, 15) is 4.79 Å². The van der Waals surface area contributed by atoms with Gasteiger partial charge in [0, 0.05) is 38.7 Å². The highest BCUT2D eigenvalue weighted by Gasteiger charge is 2.19. The average molecular weight is 185 g/mol. The molecule has 13 heavy (non-hydrogen) atoms. The Hall–Kier alpha value is -1.26. The molecule has 74 valence electrons. The molecular formula is C8H15N3O2. The molecule has 1 aliphatic rings. The van der Waals surface area contributed by atoms with Crippen molar-refractivity contribution in [3.05, 3.63) is 0 Å². The number of likely N-dealkylation sites (tertiary alicyclic amines) is 1. The molecule has 1 fully saturated rings. The van der Waals surface area contributed by atoms with Crippen molar-refractivity contribution in [2.45, 2.75) is 12.8 Å². The maximum Gasteiger partial charge on any atom is 0.409 e. The maximum atomic E-state index is 11.1. The number of methoxy groups -OCH3 is 1. The molecule has 0 aromatic heterocycles. The summed E-state index contributed by atoms with van der Waals surface area (Å²) in [6.07, 6.45) is 1.41. The number of hydrazone groups is 1. The zero-order valence-electron chi connectivity index (χ0n) is 8.04. The van der Waals surface area contributed by atoms with Gasteiger partial charge in [-0.3, -0.25) is 0 Å². The van der Waals surface area contributed by atoms with E-state index in [0.29, 0.717) is 13.1 Å². The topological polar surface area (TPSA) is 53.9 Å². The molecule has 0 spiro atoms. The predicted molar refractivity (Wildman–Crippen MR) is 49.7 cm³/mol. The smallest absolute Gasteiger partial charge is 0.409 e. The highest BCUT2D eigenvalue weighted by Crippen LogP contribution is 2.07. The molecule has 1 aliphatic heterocycles. The van der Waals surface area contributed by atoms with E-state index in [1.165, 1.54) is 7.11 Å². The van der Waals surface area contributed by atoms with Crippen LogP contribution in [0.25, 0.3) is 0 Å². The molecule has 0 atom stereocenters. The molecule has 5 heteroatoms. The van der Waals surface area contributed by atoms with Gasteiger partial charge < -0.3 is 15.1 Å². The number of rotatable bonds is 1. The summed E-state index contributed by atoms with van der Waals surface area (Å²) >= 11 is 0. The Morgan fingerprint density at radius 2 is 2.15 bits per heavy atom. The molecule has 0 aliphatic carbocycles. The molecule has 1 amide bonds. The van der Waals surface area contributed by atoms with E-state index in [-0.39, 0.29) is 6.09 Å². The summed E-state index contributed by atoms with van der Waals surface area (Å²) in [5, 5.41) is 4.09. The Bertz CT molecular complexity index is 205. The first kappa shape index (κ1) is 9.83. The van der Waals surface area contributed by atoms with E-state index in [0.717, 1.165) is 18.6 Å². The minimum Gasteiger partial charge on any atom is -0.453 e. The Morgan fingerprint density at radius 1 is 1.54 bits per heavy atom. The van der Waals surface area contributed by atoms with Crippen molar-refractivity contribution in [1.29, 1.82) is 0 Å². The van der Waals surface area contributed by atoms with E-state index < -0.39 is 0 Å². The van der Waals surface area contributed by atoms with E-state index in [1.54, 1.807) is 11.9 Å². The van der Waals surface area contributed by atoms with Gasteiger partial charge in [-0.25, -0.2) is 4.79 Å². The predicted octanol–water partition coefficient (Wildman–Crippen LogP) is 0.424. The zero-order chi connectivity index (χ0) is 9.68. The molecule has 0 saturated carbocycles. The highest BCUT2D eigenvalue weighted by molar-refractivity contribution is 5.86. The monoisotopic (exact) mass is 185 g/mol. The average Bonchev–Trinajstić information content (AvgIpc) is 2.18. The van der Waals surface area contributed by atoms with Crippen LogP contribution in [0.4, 0.5) is 4.79 Å². The Labute approximate surface area is 77.7 Å². The van der Waals surface area contributed by atoms with Crippen molar-refractivity contribution in [2.75, 3.05) is 27.2 Å². The molecule has 1 N–H and O–H groups in total. The fourth-order valence-electron chi connectivity index (χ4n) is 1.35. The third-order valence-electron chi connectivity index (χ3n) is 2.04. The van der Waals surface area contributed by atoms with Crippen molar-refractivity contribution in [3.63, 3.8) is 0 Å². The van der Waals surface area contributed by atoms with Crippen molar-refractivity contribution >= 4 is 11.8 Å². The van der Waals surface area contributed by atoms with Crippen molar-refractivity contribution in [2.24, 2.45) is 5.10 Å². The third-order valence-corrected chi connectivity index (χ3v) is 2.04. The quantitative estimate of drug-likeness (QED) is 0.602. The lowest BCUT2D eigenvalue weighted by atomic mass is 10.1. The van der Waals surface area contributed by atoms with E-state index in [2.05, 4.69) is 15.3 Å². The summed E-state index contributed by atoms with van der Waals surface area (Å²) in [5.41, 5.74) is 3.86. The summed E-state index contributed by atoms with van der Waals surface area (Å²) in [4.78, 5) is 12.8. The van der Waals surface area contributed by atoms with E-state index >= 15 is 0 Å². The van der Waals surface area contributed by atoms with Gasteiger partial charge in [0.15, 0.2) is 0 Å². The molecule has 5 nitrogen and oxygen atoms in total. The van der Waals surface area contributed by atoms with Crippen molar-refractivity contribution in [1.82, 2.24) is 10.3 Å². The molecule has 0 aromatic carbocycles. The minimum absolute atomic E-state index is 0.247. The first-order chi connectivity index (χ1) is 6.27. The number of piperidine rings is 1. The van der Waals surface area contributed by atoms with E-state index in [4.69, 9.17) is 0 Å². The van der Waals surface area contributed by atoms with Crippen molar-refractivity contribution < 1.29 is 9.53 Å². The second-order valence-electron chi connectivity index (χ2n) is 2.86. The van der Waals surface area contributed by atoms with Crippen LogP contribution in [0.15, 0.2) is 5.10 Å². The summed E-state index contributed by atoms with van der Waals surface area (Å²) < 4.78 is 4.62. The minimum atomic E-state index is -0.247. The van der Waals surface area contributed by atoms with Crippen molar-refractivity contribution in [3.8, 4) is 0 Å². The van der Waals surface area contributed by atoms with Gasteiger partial charge in [0.2, 0.25) is 0 Å². The van der Waals surface area contributed by atoms with Gasteiger partial charge in [-0.15, -0.1) is 0 Å². The number of hydrogen-bond donors (Lipinski definition) is 1. The van der Waals surface area contributed by atoms with Crippen LogP contribution < -0.4 is 5.43 Å². The van der Waals surface area contributed by atoms with Crippen LogP contribution in [0.3, 0.4) is 0 Å². The summed E-state index contributed by atoms with van der Waals surface area (Å²) in [5.74, 6) is 0. The number of carbonyl (C=O) groups is 1. The molecule has 1 heterocycles. The largest absolute Gasteiger partial charge is 0.453 e. The Kier molecular flexibility index (Phi) is 3.54. The van der Waals surface area contributed by atoms with E-state index in [1.807, 2.05) is 0 Å². The van der Waals surface area contributed by atoms with Gasteiger partial charge in [0.05, 0.1) is 7.11 Å². The Balaban J connectivity index is 2.39. The lowest BCUT2D eigenvalue weighted by Crippen LogP contribution is -2.38. The van der Waals surface area contributed by atoms with Crippen LogP contribution in [0.1, 0.15) is 12.8 Å². The maximum absolute atomic E-state index is 11.1. The SMILES string of the molecule is CNN=C1CCN(C(=O)OC)CC1. The number of ether oxygens (including phenoxy) is 1. The van der Waals surface area contributed by atoms with Gasteiger partial charge in [0.25, 0.3) is 0 Å². The lowest BCUT2D eigenvalue weighted by Gasteiger charge is -2.25. The number of amides is 1. The second kappa shape index (κ2) is 4.69. The molecule has 1 saturated heterocycles. The number of carbonyl (C=O) groups excluding carboxylic acids is 1. The first-order valence-corrected chi connectivity index (χ1v) is 4.33. The van der Waals surface area contributed by atoms with Gasteiger partial charge in [-0.1, -0.05) is 0 Å². The summed E-state index contributed by atoms with van der Waals surface area (Å²) in [6.45, 7) is 1.40. The van der Waals surface area contributed by atoms with Crippen LogP contribution in [0, 0.1) is 0 Å². The summed E-state index contributed by atoms with van der Waals surface area (Å²) in [6, 6.07) is 0. The van der Waals surface area contributed by atoms with Gasteiger partial charge >= 0.3 is 6.09 Å². The lowest BCUT2D eigenvalue weighted by molar-refractivity contribution is 0.123. The molecule has 0 bridgehead atoms. The normalized spacial score (nSPS) is 16.8. The van der Waals surface area contributed by atoms with Gasteiger partial charge in [0.1, 0.15) is 0 Å². The van der Waals surface area contributed by atoms with Crippen LogP contribution in [-0.2, 0) is 4.74 Å². The Morgan fingerprint density at radius 3 is 2.62 bits per heavy atom. The second-order valence-corrected chi connectivity index (χ2v) is 2.86. The molecular weight excluding hydrogens is 170 g/mol. The number of nitrogens with one attached hydrogen (secondary N) is 1. The molecule has 1 rings (SSSR count). The number of hydrogen-bond acceptors (Lipinski definition) is 4. The third kappa shape index (κ3) is 2.61.